The Balaban J connectivity index is 2.04. The highest BCUT2D eigenvalue weighted by atomic mass is 32.2. The fraction of sp³-hybridized carbons (Fsp3) is 0.400. The summed E-state index contributed by atoms with van der Waals surface area (Å²) in [7, 11) is 0. The van der Waals surface area contributed by atoms with E-state index in [1.165, 1.54) is 10.5 Å². The predicted octanol–water partition coefficient (Wildman–Crippen LogP) is 4.36. The molecule has 102 valence electrons. The third kappa shape index (κ3) is 3.53. The maximum atomic E-state index is 4.34. The third-order valence-electron chi connectivity index (χ3n) is 3.13. The quantitative estimate of drug-likeness (QED) is 0.822. The summed E-state index contributed by atoms with van der Waals surface area (Å²) in [5.41, 5.74) is 2.35. The molecule has 0 spiro atoms. The molecule has 1 aromatic carbocycles. The van der Waals surface area contributed by atoms with Crippen molar-refractivity contribution in [2.75, 3.05) is 11.6 Å². The number of hydrogen-bond donors (Lipinski definition) is 1. The fourth-order valence-corrected chi connectivity index (χ4v) is 2.33. The lowest BCUT2D eigenvalue weighted by atomic mass is 10.1. The monoisotopic (exact) mass is 275 g/mol. The second-order valence-corrected chi connectivity index (χ2v) is 5.82. The van der Waals surface area contributed by atoms with Crippen LogP contribution in [-0.4, -0.2) is 16.0 Å². The molecule has 0 saturated heterocycles. The van der Waals surface area contributed by atoms with Crippen molar-refractivity contribution < 1.29 is 0 Å². The fourth-order valence-electron chi connectivity index (χ4n) is 1.92. The molecule has 4 heteroatoms. The molecule has 1 heterocycles. The molecule has 3 nitrogen and oxygen atoms in total. The van der Waals surface area contributed by atoms with E-state index < -0.39 is 0 Å². The van der Waals surface area contributed by atoms with Gasteiger partial charge in [0, 0.05) is 23.2 Å². The number of aromatic nitrogens is 2. The molecule has 0 amide bonds. The highest BCUT2D eigenvalue weighted by Gasteiger charge is 2.07. The zero-order valence-corrected chi connectivity index (χ0v) is 12.7. The van der Waals surface area contributed by atoms with Gasteiger partial charge in [-0.1, -0.05) is 12.1 Å². The maximum absolute atomic E-state index is 4.34. The van der Waals surface area contributed by atoms with Crippen molar-refractivity contribution in [2.24, 2.45) is 0 Å². The van der Waals surface area contributed by atoms with E-state index in [-0.39, 0.29) is 6.04 Å². The van der Waals surface area contributed by atoms with Crippen LogP contribution < -0.4 is 5.32 Å². The summed E-state index contributed by atoms with van der Waals surface area (Å²) < 4.78 is 1.96. The van der Waals surface area contributed by atoms with Crippen molar-refractivity contribution in [3.63, 3.8) is 0 Å². The van der Waals surface area contributed by atoms with Gasteiger partial charge in [-0.3, -0.25) is 4.68 Å². The van der Waals surface area contributed by atoms with Crippen molar-refractivity contribution in [3.05, 3.63) is 42.2 Å². The molecule has 1 aromatic heterocycles. The molecule has 2 aromatic rings. The van der Waals surface area contributed by atoms with Crippen LogP contribution in [0.2, 0.25) is 0 Å². The summed E-state index contributed by atoms with van der Waals surface area (Å²) in [6.07, 6.45) is 6.03. The molecular weight excluding hydrogens is 254 g/mol. The van der Waals surface area contributed by atoms with Crippen LogP contribution in [0.5, 0.6) is 0 Å². The van der Waals surface area contributed by atoms with Gasteiger partial charge < -0.3 is 5.32 Å². The SMILES string of the molecule is CSc1ccc(C(C)Nc2cnn(C(C)C)c2)cc1. The predicted molar refractivity (Wildman–Crippen MR) is 82.9 cm³/mol. The number of benzene rings is 1. The first-order valence-corrected chi connectivity index (χ1v) is 7.77. The van der Waals surface area contributed by atoms with E-state index in [2.05, 4.69) is 67.9 Å². The summed E-state index contributed by atoms with van der Waals surface area (Å²) in [5.74, 6) is 0. The lowest BCUT2D eigenvalue weighted by Gasteiger charge is -2.14. The minimum absolute atomic E-state index is 0.278. The van der Waals surface area contributed by atoms with Gasteiger partial charge in [-0.15, -0.1) is 11.8 Å². The molecule has 0 bridgehead atoms. The number of anilines is 1. The Morgan fingerprint density at radius 3 is 2.37 bits per heavy atom. The lowest BCUT2D eigenvalue weighted by Crippen LogP contribution is -2.06. The third-order valence-corrected chi connectivity index (χ3v) is 3.87. The Morgan fingerprint density at radius 1 is 1.16 bits per heavy atom. The maximum Gasteiger partial charge on any atom is 0.0731 e. The first-order chi connectivity index (χ1) is 9.10. The van der Waals surface area contributed by atoms with Crippen molar-refractivity contribution in [1.29, 1.82) is 0 Å². The second-order valence-electron chi connectivity index (χ2n) is 4.94. The molecule has 0 radical (unpaired) electrons. The topological polar surface area (TPSA) is 29.9 Å². The van der Waals surface area contributed by atoms with Gasteiger partial charge in [-0.05, 0) is 44.7 Å². The van der Waals surface area contributed by atoms with Gasteiger partial charge in [0.2, 0.25) is 0 Å². The summed E-state index contributed by atoms with van der Waals surface area (Å²) in [6, 6.07) is 9.35. The largest absolute Gasteiger partial charge is 0.376 e. The van der Waals surface area contributed by atoms with Gasteiger partial charge in [0.1, 0.15) is 0 Å². The van der Waals surface area contributed by atoms with Crippen LogP contribution in [0.3, 0.4) is 0 Å². The van der Waals surface area contributed by atoms with Crippen molar-refractivity contribution >= 4 is 17.4 Å². The first kappa shape index (κ1) is 14.0. The van der Waals surface area contributed by atoms with Gasteiger partial charge in [0.25, 0.3) is 0 Å². The molecule has 0 aliphatic carbocycles. The van der Waals surface area contributed by atoms with E-state index in [1.54, 1.807) is 11.8 Å². The Hall–Kier alpha value is -1.42. The summed E-state index contributed by atoms with van der Waals surface area (Å²) in [6.45, 7) is 6.42. The Bertz CT molecular complexity index is 516. The van der Waals surface area contributed by atoms with E-state index in [1.807, 2.05) is 10.9 Å². The number of nitrogens with zero attached hydrogens (tertiary/aromatic N) is 2. The minimum atomic E-state index is 0.278. The summed E-state index contributed by atoms with van der Waals surface area (Å²) in [5, 5.41) is 7.82. The molecule has 0 aliphatic heterocycles. The van der Waals surface area contributed by atoms with Crippen LogP contribution in [0.25, 0.3) is 0 Å². The zero-order chi connectivity index (χ0) is 13.8. The lowest BCUT2D eigenvalue weighted by molar-refractivity contribution is 0.532. The summed E-state index contributed by atoms with van der Waals surface area (Å²) >= 11 is 1.77. The van der Waals surface area contributed by atoms with Gasteiger partial charge in [-0.2, -0.15) is 5.10 Å². The van der Waals surface area contributed by atoms with Crippen LogP contribution in [0, 0.1) is 0 Å². The molecule has 0 aliphatic rings. The van der Waals surface area contributed by atoms with Crippen LogP contribution >= 0.6 is 11.8 Å². The number of rotatable bonds is 5. The van der Waals surface area contributed by atoms with E-state index in [0.29, 0.717) is 6.04 Å². The van der Waals surface area contributed by atoms with Gasteiger partial charge in [0.05, 0.1) is 11.9 Å². The highest BCUT2D eigenvalue weighted by molar-refractivity contribution is 7.98. The highest BCUT2D eigenvalue weighted by Crippen LogP contribution is 2.22. The van der Waals surface area contributed by atoms with Crippen LogP contribution in [0.4, 0.5) is 5.69 Å². The molecule has 1 atom stereocenters. The van der Waals surface area contributed by atoms with Crippen LogP contribution in [-0.2, 0) is 0 Å². The van der Waals surface area contributed by atoms with E-state index >= 15 is 0 Å². The molecule has 2 rings (SSSR count). The standard InChI is InChI=1S/C15H21N3S/c1-11(2)18-10-14(9-16-18)17-12(3)13-5-7-15(19-4)8-6-13/h5-12,17H,1-4H3. The number of thioether (sulfide) groups is 1. The van der Waals surface area contributed by atoms with Crippen LogP contribution in [0.15, 0.2) is 41.6 Å². The molecule has 0 saturated carbocycles. The average Bonchev–Trinajstić information content (AvgIpc) is 2.87. The molecule has 1 N–H and O–H groups in total. The first-order valence-electron chi connectivity index (χ1n) is 6.55. The van der Waals surface area contributed by atoms with Gasteiger partial charge in [-0.25, -0.2) is 0 Å². The van der Waals surface area contributed by atoms with Crippen molar-refractivity contribution in [3.8, 4) is 0 Å². The second kappa shape index (κ2) is 6.15. The Morgan fingerprint density at radius 2 is 1.84 bits per heavy atom. The minimum Gasteiger partial charge on any atom is -0.376 e. The summed E-state index contributed by atoms with van der Waals surface area (Å²) in [4.78, 5) is 1.29. The Labute approximate surface area is 119 Å². The average molecular weight is 275 g/mol. The zero-order valence-electron chi connectivity index (χ0n) is 11.9. The number of nitrogens with one attached hydrogen (secondary N) is 1. The van der Waals surface area contributed by atoms with Gasteiger partial charge in [0.15, 0.2) is 0 Å². The normalized spacial score (nSPS) is 12.7. The van der Waals surface area contributed by atoms with Crippen molar-refractivity contribution in [2.45, 2.75) is 37.8 Å². The smallest absolute Gasteiger partial charge is 0.0731 e. The van der Waals surface area contributed by atoms with Gasteiger partial charge >= 0.3 is 0 Å². The molecular formula is C15H21N3S. The van der Waals surface area contributed by atoms with E-state index in [0.717, 1.165) is 5.69 Å². The Kier molecular flexibility index (Phi) is 4.53. The van der Waals surface area contributed by atoms with Crippen molar-refractivity contribution in [1.82, 2.24) is 9.78 Å². The van der Waals surface area contributed by atoms with Crippen LogP contribution in [0.1, 0.15) is 38.4 Å². The van der Waals surface area contributed by atoms with E-state index in [4.69, 9.17) is 0 Å². The van der Waals surface area contributed by atoms with E-state index in [9.17, 15) is 0 Å². The molecule has 1 unspecified atom stereocenters. The number of hydrogen-bond acceptors (Lipinski definition) is 3. The molecule has 19 heavy (non-hydrogen) atoms. The molecule has 0 fully saturated rings.